The van der Waals surface area contributed by atoms with Crippen molar-refractivity contribution < 1.29 is 13.3 Å². The molecule has 8 heteroatoms. The number of sulfonamides is 1. The molecular weight excluding hydrogens is 282 g/mol. The molecule has 0 bridgehead atoms. The van der Waals surface area contributed by atoms with E-state index < -0.39 is 20.5 Å². The third-order valence-corrected chi connectivity index (χ3v) is 3.45. The number of anilines is 1. The van der Waals surface area contributed by atoms with Gasteiger partial charge >= 0.3 is 0 Å². The molecule has 0 heterocycles. The summed E-state index contributed by atoms with van der Waals surface area (Å²) in [5.41, 5.74) is 0.460. The Morgan fingerprint density at radius 1 is 1.35 bits per heavy atom. The molecule has 0 aromatic heterocycles. The van der Waals surface area contributed by atoms with Crippen molar-refractivity contribution in [3.8, 4) is 0 Å². The number of rotatable bonds is 6. The molecule has 0 saturated carbocycles. The van der Waals surface area contributed by atoms with Gasteiger partial charge in [-0.1, -0.05) is 6.07 Å². The summed E-state index contributed by atoms with van der Waals surface area (Å²) in [6.07, 6.45) is 1.07. The van der Waals surface area contributed by atoms with E-state index >= 15 is 0 Å². The standard InChI is InChI=1S/C12H19N3O4S/c1-9-5-6-11(15(16)17)10(7-9)13-8-12(2,3)14-20(4,18)19/h5-7,13-14H,8H2,1-4H3. The molecule has 0 unspecified atom stereocenters. The van der Waals surface area contributed by atoms with Gasteiger partial charge in [0.2, 0.25) is 10.0 Å². The molecule has 20 heavy (non-hydrogen) atoms. The first kappa shape index (κ1) is 16.4. The molecule has 0 radical (unpaired) electrons. The lowest BCUT2D eigenvalue weighted by Crippen LogP contribution is -2.47. The van der Waals surface area contributed by atoms with Gasteiger partial charge in [0.1, 0.15) is 5.69 Å². The van der Waals surface area contributed by atoms with Gasteiger partial charge in [0.25, 0.3) is 5.69 Å². The van der Waals surface area contributed by atoms with Gasteiger partial charge in [-0.05, 0) is 32.4 Å². The van der Waals surface area contributed by atoms with Crippen LogP contribution in [0, 0.1) is 17.0 Å². The summed E-state index contributed by atoms with van der Waals surface area (Å²) in [5, 5.41) is 13.9. The molecule has 0 fully saturated rings. The Morgan fingerprint density at radius 3 is 2.45 bits per heavy atom. The van der Waals surface area contributed by atoms with Crippen molar-refractivity contribution in [1.82, 2.24) is 4.72 Å². The first-order chi connectivity index (χ1) is 9.00. The number of aryl methyl sites for hydroxylation is 1. The largest absolute Gasteiger partial charge is 0.378 e. The molecule has 1 aromatic carbocycles. The van der Waals surface area contributed by atoms with Crippen LogP contribution in [0.2, 0.25) is 0 Å². The van der Waals surface area contributed by atoms with E-state index in [1.807, 2.05) is 6.92 Å². The van der Waals surface area contributed by atoms with E-state index in [1.165, 1.54) is 6.07 Å². The number of hydrogen-bond donors (Lipinski definition) is 2. The second-order valence-corrected chi connectivity index (χ2v) is 7.14. The quantitative estimate of drug-likeness (QED) is 0.614. The molecule has 112 valence electrons. The van der Waals surface area contributed by atoms with Crippen LogP contribution in [-0.4, -0.2) is 31.7 Å². The Balaban J connectivity index is 2.89. The van der Waals surface area contributed by atoms with Crippen molar-refractivity contribution in [2.75, 3.05) is 18.1 Å². The number of nitro groups is 1. The van der Waals surface area contributed by atoms with Gasteiger partial charge in [-0.2, -0.15) is 0 Å². The highest BCUT2D eigenvalue weighted by Crippen LogP contribution is 2.25. The minimum absolute atomic E-state index is 0.0363. The number of nitrogens with one attached hydrogen (secondary N) is 2. The van der Waals surface area contributed by atoms with Crippen LogP contribution < -0.4 is 10.0 Å². The number of hydrogen-bond acceptors (Lipinski definition) is 5. The SMILES string of the molecule is Cc1ccc([N+](=O)[O-])c(NCC(C)(C)NS(C)(=O)=O)c1. The maximum atomic E-state index is 11.2. The molecule has 7 nitrogen and oxygen atoms in total. The van der Waals surface area contributed by atoms with Crippen LogP contribution in [0.15, 0.2) is 18.2 Å². The minimum Gasteiger partial charge on any atom is -0.378 e. The van der Waals surface area contributed by atoms with E-state index in [0.717, 1.165) is 11.8 Å². The molecule has 1 rings (SSSR count). The molecule has 0 saturated heterocycles. The minimum atomic E-state index is -3.34. The van der Waals surface area contributed by atoms with E-state index in [4.69, 9.17) is 0 Å². The topological polar surface area (TPSA) is 101 Å². The summed E-state index contributed by atoms with van der Waals surface area (Å²) in [7, 11) is -3.34. The van der Waals surface area contributed by atoms with E-state index in [1.54, 1.807) is 26.0 Å². The highest BCUT2D eigenvalue weighted by molar-refractivity contribution is 7.88. The first-order valence-electron chi connectivity index (χ1n) is 5.98. The molecule has 1 aromatic rings. The average Bonchev–Trinajstić information content (AvgIpc) is 2.22. The van der Waals surface area contributed by atoms with Crippen LogP contribution in [0.1, 0.15) is 19.4 Å². The average molecular weight is 301 g/mol. The van der Waals surface area contributed by atoms with Crippen molar-refractivity contribution >= 4 is 21.4 Å². The predicted molar refractivity (Wildman–Crippen MR) is 78.4 cm³/mol. The van der Waals surface area contributed by atoms with Gasteiger partial charge in [0.15, 0.2) is 0 Å². The van der Waals surface area contributed by atoms with Gasteiger partial charge in [0.05, 0.1) is 11.2 Å². The van der Waals surface area contributed by atoms with Crippen LogP contribution in [0.25, 0.3) is 0 Å². The zero-order chi connectivity index (χ0) is 15.6. The molecule has 2 N–H and O–H groups in total. The smallest absolute Gasteiger partial charge is 0.292 e. The summed E-state index contributed by atoms with van der Waals surface area (Å²) >= 11 is 0. The Labute approximate surface area is 118 Å². The lowest BCUT2D eigenvalue weighted by molar-refractivity contribution is -0.384. The fraction of sp³-hybridized carbons (Fsp3) is 0.500. The van der Waals surface area contributed by atoms with E-state index in [-0.39, 0.29) is 12.2 Å². The van der Waals surface area contributed by atoms with E-state index in [2.05, 4.69) is 10.0 Å². The third-order valence-electron chi connectivity index (χ3n) is 2.53. The van der Waals surface area contributed by atoms with Gasteiger partial charge in [-0.3, -0.25) is 10.1 Å². The number of benzene rings is 1. The monoisotopic (exact) mass is 301 g/mol. The number of nitrogens with zero attached hydrogens (tertiary/aromatic N) is 1. The van der Waals surface area contributed by atoms with Crippen molar-refractivity contribution in [2.24, 2.45) is 0 Å². The van der Waals surface area contributed by atoms with E-state index in [9.17, 15) is 18.5 Å². The maximum absolute atomic E-state index is 11.2. The highest BCUT2D eigenvalue weighted by Gasteiger charge is 2.23. The fourth-order valence-corrected chi connectivity index (χ4v) is 2.88. The molecule has 0 aliphatic rings. The summed E-state index contributed by atoms with van der Waals surface area (Å²) in [6, 6.07) is 4.74. The van der Waals surface area contributed by atoms with Crippen LogP contribution in [0.5, 0.6) is 0 Å². The lowest BCUT2D eigenvalue weighted by Gasteiger charge is -2.25. The Bertz CT molecular complexity index is 611. The summed E-state index contributed by atoms with van der Waals surface area (Å²) < 4.78 is 24.9. The summed E-state index contributed by atoms with van der Waals surface area (Å²) in [5.74, 6) is 0. The fourth-order valence-electron chi connectivity index (χ4n) is 1.80. The maximum Gasteiger partial charge on any atom is 0.292 e. The molecule has 0 spiro atoms. The highest BCUT2D eigenvalue weighted by atomic mass is 32.2. The predicted octanol–water partition coefficient (Wildman–Crippen LogP) is 1.64. The summed E-state index contributed by atoms with van der Waals surface area (Å²) in [4.78, 5) is 10.5. The van der Waals surface area contributed by atoms with Crippen LogP contribution in [-0.2, 0) is 10.0 Å². The van der Waals surface area contributed by atoms with Crippen molar-refractivity contribution in [3.05, 3.63) is 33.9 Å². The lowest BCUT2D eigenvalue weighted by atomic mass is 10.1. The normalized spacial score (nSPS) is 12.2. The van der Waals surface area contributed by atoms with Gasteiger partial charge in [0, 0.05) is 18.2 Å². The van der Waals surface area contributed by atoms with Crippen molar-refractivity contribution in [2.45, 2.75) is 26.3 Å². The Hall–Kier alpha value is -1.67. The van der Waals surface area contributed by atoms with E-state index in [0.29, 0.717) is 5.69 Å². The molecular formula is C12H19N3O4S. The third kappa shape index (κ3) is 5.14. The van der Waals surface area contributed by atoms with Crippen molar-refractivity contribution in [3.63, 3.8) is 0 Å². The van der Waals surface area contributed by atoms with Crippen LogP contribution in [0.4, 0.5) is 11.4 Å². The Morgan fingerprint density at radius 2 is 1.95 bits per heavy atom. The van der Waals surface area contributed by atoms with Gasteiger partial charge in [-0.15, -0.1) is 0 Å². The van der Waals surface area contributed by atoms with Crippen molar-refractivity contribution in [1.29, 1.82) is 0 Å². The first-order valence-corrected chi connectivity index (χ1v) is 7.87. The second kappa shape index (κ2) is 5.76. The van der Waals surface area contributed by atoms with Gasteiger partial charge < -0.3 is 5.32 Å². The summed E-state index contributed by atoms with van der Waals surface area (Å²) in [6.45, 7) is 5.45. The second-order valence-electron chi connectivity index (χ2n) is 5.39. The molecule has 0 amide bonds. The molecule has 0 aliphatic carbocycles. The zero-order valence-corrected chi connectivity index (χ0v) is 12.7. The molecule has 0 atom stereocenters. The Kier molecular flexibility index (Phi) is 4.72. The number of nitro benzene ring substituents is 1. The molecule has 0 aliphatic heterocycles. The van der Waals surface area contributed by atoms with Crippen LogP contribution in [0.3, 0.4) is 0 Å². The zero-order valence-electron chi connectivity index (χ0n) is 11.9. The van der Waals surface area contributed by atoms with Crippen LogP contribution >= 0.6 is 0 Å². The van der Waals surface area contributed by atoms with Gasteiger partial charge in [-0.25, -0.2) is 13.1 Å².